The smallest absolute Gasteiger partial charge is 0.417 e. The van der Waals surface area contributed by atoms with Crippen LogP contribution < -0.4 is 5.32 Å². The highest BCUT2D eigenvalue weighted by Gasteiger charge is 2.32. The molecule has 2 amide bonds. The van der Waals surface area contributed by atoms with E-state index >= 15 is 0 Å². The number of hydrogen-bond acceptors (Lipinski definition) is 5. The molecule has 0 aliphatic carbocycles. The molecule has 1 rings (SSSR count). The first kappa shape index (κ1) is 27.5. The highest BCUT2D eigenvalue weighted by atomic mass is 19.4. The van der Waals surface area contributed by atoms with Gasteiger partial charge in [-0.25, -0.2) is 9.79 Å². The van der Waals surface area contributed by atoms with Gasteiger partial charge in [0.25, 0.3) is 0 Å². The third-order valence-electron chi connectivity index (χ3n) is 4.82. The van der Waals surface area contributed by atoms with Gasteiger partial charge in [0.2, 0.25) is 5.91 Å². The van der Waals surface area contributed by atoms with Gasteiger partial charge in [0.1, 0.15) is 11.4 Å². The normalized spacial score (nSPS) is 16.8. The standard InChI is InChI=1S/C22H35F3N4O3/c1-7-16(3)19(27-15-17(8-2)22(23,24)25)29-13-11-28(12-14-29)18(30)9-10-26-20(31)32-21(4,5)6/h8,15H,7,9-14H2,1-6H3,(H,26,31)/b17-8+,19-16?,27-15-. The molecule has 1 fully saturated rings. The molecule has 1 aliphatic heterocycles. The number of alkyl carbamates (subject to hydrolysis) is 1. The van der Waals surface area contributed by atoms with E-state index in [4.69, 9.17) is 4.74 Å². The minimum atomic E-state index is -4.46. The summed E-state index contributed by atoms with van der Waals surface area (Å²) >= 11 is 0. The van der Waals surface area contributed by atoms with Gasteiger partial charge >= 0.3 is 12.3 Å². The molecule has 0 radical (unpaired) electrons. The zero-order valence-corrected chi connectivity index (χ0v) is 19.8. The van der Waals surface area contributed by atoms with E-state index in [-0.39, 0.29) is 18.9 Å². The first-order chi connectivity index (χ1) is 14.8. The molecule has 0 spiro atoms. The second-order valence-electron chi connectivity index (χ2n) is 8.50. The largest absolute Gasteiger partial charge is 0.444 e. The second kappa shape index (κ2) is 11.9. The molecule has 32 heavy (non-hydrogen) atoms. The van der Waals surface area contributed by atoms with Crippen molar-refractivity contribution in [1.29, 1.82) is 0 Å². The molecule has 1 aliphatic rings. The predicted octanol–water partition coefficient (Wildman–Crippen LogP) is 4.27. The zero-order valence-electron chi connectivity index (χ0n) is 19.8. The first-order valence-electron chi connectivity index (χ1n) is 10.7. The number of alkyl halides is 3. The number of allylic oxidation sites excluding steroid dienone is 3. The molecule has 0 aromatic heterocycles. The molecule has 0 aromatic rings. The summed E-state index contributed by atoms with van der Waals surface area (Å²) in [5.74, 6) is 0.407. The minimum absolute atomic E-state index is 0.102. The van der Waals surface area contributed by atoms with Crippen molar-refractivity contribution in [1.82, 2.24) is 15.1 Å². The average molecular weight is 461 g/mol. The summed E-state index contributed by atoms with van der Waals surface area (Å²) in [6.45, 7) is 12.3. The monoisotopic (exact) mass is 460 g/mol. The number of carbonyl (C=O) groups is 2. The number of piperazine rings is 1. The van der Waals surface area contributed by atoms with E-state index in [1.807, 2.05) is 18.7 Å². The zero-order chi connectivity index (χ0) is 24.5. The van der Waals surface area contributed by atoms with Crippen LogP contribution >= 0.6 is 0 Å². The van der Waals surface area contributed by atoms with Gasteiger partial charge in [0.05, 0.1) is 5.57 Å². The highest BCUT2D eigenvalue weighted by molar-refractivity contribution is 5.81. The summed E-state index contributed by atoms with van der Waals surface area (Å²) in [6.07, 6.45) is -2.39. The molecule has 10 heteroatoms. The number of aliphatic imine (C=N–C) groups is 1. The van der Waals surface area contributed by atoms with Crippen LogP contribution in [0.1, 0.15) is 54.4 Å². The van der Waals surface area contributed by atoms with Crippen LogP contribution in [0.2, 0.25) is 0 Å². The van der Waals surface area contributed by atoms with Crippen LogP contribution in [-0.2, 0) is 9.53 Å². The predicted molar refractivity (Wildman–Crippen MR) is 118 cm³/mol. The van der Waals surface area contributed by atoms with Crippen LogP contribution in [-0.4, -0.2) is 72.5 Å². The van der Waals surface area contributed by atoms with Gasteiger partial charge in [0, 0.05) is 45.4 Å². The van der Waals surface area contributed by atoms with Crippen molar-refractivity contribution in [2.45, 2.75) is 66.2 Å². The molecule has 7 nitrogen and oxygen atoms in total. The number of nitrogens with zero attached hydrogens (tertiary/aromatic N) is 3. The number of halogens is 3. The van der Waals surface area contributed by atoms with E-state index in [0.29, 0.717) is 38.4 Å². The number of hydrogen-bond donors (Lipinski definition) is 1. The Morgan fingerprint density at radius 1 is 1.09 bits per heavy atom. The fraction of sp³-hybridized carbons (Fsp3) is 0.682. The lowest BCUT2D eigenvalue weighted by Gasteiger charge is -2.36. The Kier molecular flexibility index (Phi) is 10.2. The molecular weight excluding hydrogens is 425 g/mol. The Morgan fingerprint density at radius 3 is 2.12 bits per heavy atom. The van der Waals surface area contributed by atoms with E-state index in [9.17, 15) is 22.8 Å². The molecule has 1 N–H and O–H groups in total. The van der Waals surface area contributed by atoms with E-state index in [1.165, 1.54) is 6.92 Å². The average Bonchev–Trinajstić information content (AvgIpc) is 2.68. The molecule has 182 valence electrons. The summed E-state index contributed by atoms with van der Waals surface area (Å²) in [5.41, 5.74) is -0.534. The number of rotatable bonds is 7. The topological polar surface area (TPSA) is 74.2 Å². The number of carbonyl (C=O) groups excluding carboxylic acids is 2. The number of amides is 2. The van der Waals surface area contributed by atoms with Crippen molar-refractivity contribution < 1.29 is 27.5 Å². The maximum Gasteiger partial charge on any atom is 0.417 e. The van der Waals surface area contributed by atoms with Crippen LogP contribution in [0.5, 0.6) is 0 Å². The van der Waals surface area contributed by atoms with E-state index in [0.717, 1.165) is 17.9 Å². The fourth-order valence-electron chi connectivity index (χ4n) is 2.97. The van der Waals surface area contributed by atoms with Crippen LogP contribution in [0.4, 0.5) is 18.0 Å². The Balaban J connectivity index is 2.66. The van der Waals surface area contributed by atoms with Crippen LogP contribution in [0, 0.1) is 0 Å². The second-order valence-corrected chi connectivity index (χ2v) is 8.50. The molecule has 0 aromatic carbocycles. The summed E-state index contributed by atoms with van der Waals surface area (Å²) in [6, 6.07) is 0. The van der Waals surface area contributed by atoms with Crippen molar-refractivity contribution in [3.8, 4) is 0 Å². The van der Waals surface area contributed by atoms with Gasteiger partial charge in [-0.15, -0.1) is 0 Å². The molecule has 0 atom stereocenters. The summed E-state index contributed by atoms with van der Waals surface area (Å²) in [5, 5.41) is 2.56. The van der Waals surface area contributed by atoms with Crippen molar-refractivity contribution in [2.75, 3.05) is 32.7 Å². The van der Waals surface area contributed by atoms with E-state index in [2.05, 4.69) is 10.3 Å². The van der Waals surface area contributed by atoms with Crippen LogP contribution in [0.15, 0.2) is 28.0 Å². The van der Waals surface area contributed by atoms with Gasteiger partial charge in [-0.2, -0.15) is 13.2 Å². The molecule has 1 saturated heterocycles. The summed E-state index contributed by atoms with van der Waals surface area (Å²) < 4.78 is 44.1. The van der Waals surface area contributed by atoms with Gasteiger partial charge in [-0.3, -0.25) is 4.79 Å². The first-order valence-corrected chi connectivity index (χ1v) is 10.7. The van der Waals surface area contributed by atoms with Gasteiger partial charge < -0.3 is 19.9 Å². The Labute approximate surface area is 188 Å². The van der Waals surface area contributed by atoms with Crippen molar-refractivity contribution in [3.05, 3.63) is 23.0 Å². The van der Waals surface area contributed by atoms with Crippen LogP contribution in [0.25, 0.3) is 0 Å². The Bertz CT molecular complexity index is 745. The fourth-order valence-corrected chi connectivity index (χ4v) is 2.97. The van der Waals surface area contributed by atoms with Crippen molar-refractivity contribution >= 4 is 18.2 Å². The Hall–Kier alpha value is -2.52. The third kappa shape index (κ3) is 9.32. The molecule has 1 heterocycles. The number of nitrogens with one attached hydrogen (secondary N) is 1. The van der Waals surface area contributed by atoms with Gasteiger partial charge in [-0.05, 0) is 46.6 Å². The molecule has 0 unspecified atom stereocenters. The highest BCUT2D eigenvalue weighted by Crippen LogP contribution is 2.25. The summed E-state index contributed by atoms with van der Waals surface area (Å²) in [7, 11) is 0. The lowest BCUT2D eigenvalue weighted by Crippen LogP contribution is -2.48. The van der Waals surface area contributed by atoms with E-state index in [1.54, 1.807) is 25.7 Å². The Morgan fingerprint density at radius 2 is 1.66 bits per heavy atom. The number of ether oxygens (including phenoxy) is 1. The maximum atomic E-state index is 13.0. The maximum absolute atomic E-state index is 13.0. The van der Waals surface area contributed by atoms with Crippen molar-refractivity contribution in [3.63, 3.8) is 0 Å². The van der Waals surface area contributed by atoms with E-state index < -0.39 is 23.4 Å². The third-order valence-corrected chi connectivity index (χ3v) is 4.82. The SMILES string of the molecule is C/C=C(\C=N/C(=C(C)CC)N1CCN(C(=O)CCNC(=O)OC(C)(C)C)CC1)C(F)(F)F. The minimum Gasteiger partial charge on any atom is -0.444 e. The van der Waals surface area contributed by atoms with Gasteiger partial charge in [0.15, 0.2) is 0 Å². The lowest BCUT2D eigenvalue weighted by atomic mass is 10.2. The molecule has 0 saturated carbocycles. The van der Waals surface area contributed by atoms with Gasteiger partial charge in [-0.1, -0.05) is 13.0 Å². The molecular formula is C22H35F3N4O3. The molecule has 0 bridgehead atoms. The lowest BCUT2D eigenvalue weighted by molar-refractivity contribution is -0.132. The van der Waals surface area contributed by atoms with Crippen molar-refractivity contribution in [2.24, 2.45) is 4.99 Å². The quantitative estimate of drug-likeness (QED) is 0.576. The van der Waals surface area contributed by atoms with Crippen LogP contribution in [0.3, 0.4) is 0 Å². The summed E-state index contributed by atoms with van der Waals surface area (Å²) in [4.78, 5) is 31.8.